The predicted octanol–water partition coefficient (Wildman–Crippen LogP) is 1.47. The first kappa shape index (κ1) is 11.7. The van der Waals surface area contributed by atoms with Crippen molar-refractivity contribution in [2.45, 2.75) is 5.75 Å². The minimum absolute atomic E-state index is 0.00811. The topological polar surface area (TPSA) is 86.2 Å². The normalized spacial score (nSPS) is 11.6. The Hall–Kier alpha value is -1.82. The standard InChI is InChI=1S/C11H12N2O3S/c1-17(14,15)7-8-3-2-4-9(5-8)10-6-11(12)16-13-10/h2-6H,7,12H2,1H3. The number of hydrogen-bond donors (Lipinski definition) is 1. The van der Waals surface area contributed by atoms with E-state index < -0.39 is 9.84 Å². The van der Waals surface area contributed by atoms with Crippen LogP contribution >= 0.6 is 0 Å². The Morgan fingerprint density at radius 2 is 2.12 bits per heavy atom. The molecule has 17 heavy (non-hydrogen) atoms. The van der Waals surface area contributed by atoms with Gasteiger partial charge in [0.2, 0.25) is 5.88 Å². The average Bonchev–Trinajstić information content (AvgIpc) is 2.63. The largest absolute Gasteiger partial charge is 0.368 e. The summed E-state index contributed by atoms with van der Waals surface area (Å²) in [6.45, 7) is 0. The van der Waals surface area contributed by atoms with Gasteiger partial charge in [0, 0.05) is 17.9 Å². The minimum Gasteiger partial charge on any atom is -0.368 e. The second kappa shape index (κ2) is 4.21. The monoisotopic (exact) mass is 252 g/mol. The van der Waals surface area contributed by atoms with Crippen molar-refractivity contribution >= 4 is 15.7 Å². The van der Waals surface area contributed by atoms with E-state index in [1.807, 2.05) is 6.07 Å². The Morgan fingerprint density at radius 1 is 1.35 bits per heavy atom. The lowest BCUT2D eigenvalue weighted by atomic mass is 10.1. The summed E-state index contributed by atoms with van der Waals surface area (Å²) in [5.41, 5.74) is 7.52. The van der Waals surface area contributed by atoms with Crippen LogP contribution in [0.5, 0.6) is 0 Å². The zero-order chi connectivity index (χ0) is 12.5. The van der Waals surface area contributed by atoms with Crippen molar-refractivity contribution in [3.63, 3.8) is 0 Å². The molecule has 0 unspecified atom stereocenters. The van der Waals surface area contributed by atoms with E-state index in [1.54, 1.807) is 24.3 Å². The number of aromatic nitrogens is 1. The molecule has 2 N–H and O–H groups in total. The number of rotatable bonds is 3. The highest BCUT2D eigenvalue weighted by atomic mass is 32.2. The molecule has 1 aromatic carbocycles. The fourth-order valence-electron chi connectivity index (χ4n) is 1.55. The van der Waals surface area contributed by atoms with Gasteiger partial charge >= 0.3 is 0 Å². The van der Waals surface area contributed by atoms with E-state index >= 15 is 0 Å². The molecule has 0 atom stereocenters. The lowest BCUT2D eigenvalue weighted by molar-refractivity contribution is 0.439. The highest BCUT2D eigenvalue weighted by Gasteiger charge is 2.08. The van der Waals surface area contributed by atoms with Crippen LogP contribution in [-0.4, -0.2) is 19.8 Å². The number of anilines is 1. The molecule has 0 spiro atoms. The first-order valence-electron chi connectivity index (χ1n) is 4.93. The summed E-state index contributed by atoms with van der Waals surface area (Å²) < 4.78 is 27.2. The van der Waals surface area contributed by atoms with Crippen molar-refractivity contribution < 1.29 is 12.9 Å². The van der Waals surface area contributed by atoms with E-state index in [-0.39, 0.29) is 11.6 Å². The summed E-state index contributed by atoms with van der Waals surface area (Å²) in [5, 5.41) is 3.77. The van der Waals surface area contributed by atoms with Crippen LogP contribution in [0.2, 0.25) is 0 Å². The molecule has 0 fully saturated rings. The predicted molar refractivity (Wildman–Crippen MR) is 64.9 cm³/mol. The van der Waals surface area contributed by atoms with E-state index in [4.69, 9.17) is 10.3 Å². The highest BCUT2D eigenvalue weighted by molar-refractivity contribution is 7.89. The average molecular weight is 252 g/mol. The Morgan fingerprint density at radius 3 is 2.71 bits per heavy atom. The molecule has 0 aliphatic heterocycles. The van der Waals surface area contributed by atoms with Crippen LogP contribution in [0.25, 0.3) is 11.3 Å². The van der Waals surface area contributed by atoms with Crippen molar-refractivity contribution in [2.24, 2.45) is 0 Å². The highest BCUT2D eigenvalue weighted by Crippen LogP contribution is 2.21. The van der Waals surface area contributed by atoms with Gasteiger partial charge in [-0.1, -0.05) is 23.4 Å². The van der Waals surface area contributed by atoms with Gasteiger partial charge in [0.05, 0.1) is 5.75 Å². The van der Waals surface area contributed by atoms with Crippen LogP contribution in [0.4, 0.5) is 5.88 Å². The Kier molecular flexibility index (Phi) is 2.89. The van der Waals surface area contributed by atoms with E-state index in [1.165, 1.54) is 6.26 Å². The van der Waals surface area contributed by atoms with Gasteiger partial charge in [-0.2, -0.15) is 0 Å². The van der Waals surface area contributed by atoms with Crippen molar-refractivity contribution in [3.8, 4) is 11.3 Å². The SMILES string of the molecule is CS(=O)(=O)Cc1cccc(-c2cc(N)on2)c1. The quantitative estimate of drug-likeness (QED) is 0.893. The van der Waals surface area contributed by atoms with Gasteiger partial charge in [-0.05, 0) is 11.6 Å². The van der Waals surface area contributed by atoms with E-state index in [2.05, 4.69) is 5.16 Å². The maximum atomic E-state index is 11.2. The molecular weight excluding hydrogens is 240 g/mol. The lowest BCUT2D eigenvalue weighted by Gasteiger charge is -2.01. The molecule has 2 rings (SSSR count). The molecule has 1 aromatic heterocycles. The summed E-state index contributed by atoms with van der Waals surface area (Å²) in [7, 11) is -3.04. The first-order chi connectivity index (χ1) is 7.94. The summed E-state index contributed by atoms with van der Waals surface area (Å²) >= 11 is 0. The van der Waals surface area contributed by atoms with E-state index in [9.17, 15) is 8.42 Å². The van der Waals surface area contributed by atoms with Gasteiger partial charge in [-0.3, -0.25) is 0 Å². The Balaban J connectivity index is 2.35. The number of nitrogens with two attached hydrogens (primary N) is 1. The maximum absolute atomic E-state index is 11.2. The van der Waals surface area contributed by atoms with E-state index in [0.29, 0.717) is 11.3 Å². The number of nitrogens with zero attached hydrogens (tertiary/aromatic N) is 1. The van der Waals surface area contributed by atoms with Gasteiger partial charge < -0.3 is 10.3 Å². The summed E-state index contributed by atoms with van der Waals surface area (Å²) in [6.07, 6.45) is 1.20. The fraction of sp³-hybridized carbons (Fsp3) is 0.182. The Bertz CT molecular complexity index is 632. The third-order valence-electron chi connectivity index (χ3n) is 2.18. The third kappa shape index (κ3) is 3.07. The summed E-state index contributed by atoms with van der Waals surface area (Å²) in [6, 6.07) is 8.72. The first-order valence-corrected chi connectivity index (χ1v) is 6.99. The minimum atomic E-state index is -3.04. The molecule has 90 valence electrons. The van der Waals surface area contributed by atoms with E-state index in [0.717, 1.165) is 5.56 Å². The zero-order valence-electron chi connectivity index (χ0n) is 9.25. The van der Waals surface area contributed by atoms with Gasteiger partial charge in [-0.25, -0.2) is 8.42 Å². The second-order valence-electron chi connectivity index (χ2n) is 3.88. The molecule has 0 saturated carbocycles. The lowest BCUT2D eigenvalue weighted by Crippen LogP contribution is -2.00. The van der Waals surface area contributed by atoms with Crippen LogP contribution < -0.4 is 5.73 Å². The Labute approximate surface area is 99.1 Å². The second-order valence-corrected chi connectivity index (χ2v) is 6.03. The smallest absolute Gasteiger partial charge is 0.222 e. The van der Waals surface area contributed by atoms with Gasteiger partial charge in [0.1, 0.15) is 5.69 Å². The number of hydrogen-bond acceptors (Lipinski definition) is 5. The van der Waals surface area contributed by atoms with Crippen LogP contribution in [0.1, 0.15) is 5.56 Å². The molecule has 6 heteroatoms. The van der Waals surface area contributed by atoms with Crippen LogP contribution in [0, 0.1) is 0 Å². The molecule has 0 amide bonds. The molecule has 0 aliphatic carbocycles. The van der Waals surface area contributed by atoms with Crippen LogP contribution in [-0.2, 0) is 15.6 Å². The van der Waals surface area contributed by atoms with Crippen molar-refractivity contribution in [1.29, 1.82) is 0 Å². The molecule has 1 heterocycles. The third-order valence-corrected chi connectivity index (χ3v) is 3.04. The number of benzene rings is 1. The van der Waals surface area contributed by atoms with Crippen molar-refractivity contribution in [2.75, 3.05) is 12.0 Å². The number of sulfone groups is 1. The van der Waals surface area contributed by atoms with Gasteiger partial charge in [0.25, 0.3) is 0 Å². The molecule has 0 bridgehead atoms. The van der Waals surface area contributed by atoms with Crippen LogP contribution in [0.3, 0.4) is 0 Å². The fourth-order valence-corrected chi connectivity index (χ4v) is 2.33. The molecular formula is C11H12N2O3S. The maximum Gasteiger partial charge on any atom is 0.222 e. The molecule has 0 radical (unpaired) electrons. The van der Waals surface area contributed by atoms with Gasteiger partial charge in [-0.15, -0.1) is 0 Å². The molecule has 2 aromatic rings. The molecule has 0 aliphatic rings. The summed E-state index contributed by atoms with van der Waals surface area (Å²) in [4.78, 5) is 0. The van der Waals surface area contributed by atoms with Crippen molar-refractivity contribution in [1.82, 2.24) is 5.16 Å². The number of nitrogen functional groups attached to an aromatic ring is 1. The molecule has 0 saturated heterocycles. The van der Waals surface area contributed by atoms with Gasteiger partial charge in [0.15, 0.2) is 9.84 Å². The zero-order valence-corrected chi connectivity index (χ0v) is 10.1. The summed E-state index contributed by atoms with van der Waals surface area (Å²) in [5.74, 6) is 0.238. The van der Waals surface area contributed by atoms with Crippen molar-refractivity contribution in [3.05, 3.63) is 35.9 Å². The van der Waals surface area contributed by atoms with Crippen LogP contribution in [0.15, 0.2) is 34.9 Å². The molecule has 5 nitrogen and oxygen atoms in total.